The van der Waals surface area contributed by atoms with Crippen molar-refractivity contribution in [2.75, 3.05) is 0 Å². The molecule has 1 aromatic heterocycles. The number of furan rings is 1. The van der Waals surface area contributed by atoms with Crippen molar-refractivity contribution in [1.29, 1.82) is 0 Å². The average Bonchev–Trinajstić information content (AvgIpc) is 2.65. The van der Waals surface area contributed by atoms with Gasteiger partial charge in [-0.1, -0.05) is 20.8 Å². The number of rotatable bonds is 2. The van der Waals surface area contributed by atoms with E-state index in [1.807, 2.05) is 6.07 Å². The molecular weight excluding hydrogens is 200 g/mol. The molecule has 1 N–H and O–H groups in total. The Hall–Kier alpha value is -0.760. The van der Waals surface area contributed by atoms with Crippen LogP contribution in [0.5, 0.6) is 0 Å². The molecule has 2 nitrogen and oxygen atoms in total. The lowest BCUT2D eigenvalue weighted by molar-refractivity contribution is -0.0704. The molecule has 2 heteroatoms. The standard InChI is InChI=1S/C14H22O2/c1-11-8-13(2,3)5-6-14(11,15)9-12-4-7-16-10-12/h4,7,10-11,15H,5-6,8-9H2,1-3H3. The third-order valence-corrected chi connectivity index (χ3v) is 4.10. The Morgan fingerprint density at radius 3 is 2.75 bits per heavy atom. The summed E-state index contributed by atoms with van der Waals surface area (Å²) in [4.78, 5) is 0. The van der Waals surface area contributed by atoms with Crippen LogP contribution in [0.2, 0.25) is 0 Å². The fraction of sp³-hybridized carbons (Fsp3) is 0.714. The highest BCUT2D eigenvalue weighted by molar-refractivity contribution is 5.11. The maximum atomic E-state index is 10.7. The number of hydrogen-bond acceptors (Lipinski definition) is 2. The van der Waals surface area contributed by atoms with E-state index in [9.17, 15) is 5.11 Å². The summed E-state index contributed by atoms with van der Waals surface area (Å²) < 4.78 is 5.07. The molecule has 2 atom stereocenters. The predicted molar refractivity (Wildman–Crippen MR) is 64.2 cm³/mol. The van der Waals surface area contributed by atoms with Crippen LogP contribution in [0.4, 0.5) is 0 Å². The first-order chi connectivity index (χ1) is 7.41. The van der Waals surface area contributed by atoms with Crippen molar-refractivity contribution in [2.24, 2.45) is 11.3 Å². The first kappa shape index (κ1) is 11.7. The lowest BCUT2D eigenvalue weighted by atomic mass is 9.64. The summed E-state index contributed by atoms with van der Waals surface area (Å²) in [6, 6.07) is 1.95. The summed E-state index contributed by atoms with van der Waals surface area (Å²) >= 11 is 0. The van der Waals surface area contributed by atoms with E-state index in [1.165, 1.54) is 0 Å². The average molecular weight is 222 g/mol. The summed E-state index contributed by atoms with van der Waals surface area (Å²) in [5, 5.41) is 10.7. The van der Waals surface area contributed by atoms with Gasteiger partial charge in [0.1, 0.15) is 0 Å². The minimum atomic E-state index is -0.542. The third-order valence-electron chi connectivity index (χ3n) is 4.10. The summed E-state index contributed by atoms with van der Waals surface area (Å²) in [6.07, 6.45) is 7.24. The minimum Gasteiger partial charge on any atom is -0.472 e. The fourth-order valence-corrected chi connectivity index (χ4v) is 2.93. The Morgan fingerprint density at radius 1 is 1.44 bits per heavy atom. The van der Waals surface area contributed by atoms with Crippen LogP contribution in [-0.4, -0.2) is 10.7 Å². The smallest absolute Gasteiger partial charge is 0.0935 e. The van der Waals surface area contributed by atoms with Gasteiger partial charge in [0.25, 0.3) is 0 Å². The van der Waals surface area contributed by atoms with E-state index in [4.69, 9.17) is 4.42 Å². The van der Waals surface area contributed by atoms with Crippen LogP contribution < -0.4 is 0 Å². The Bertz CT molecular complexity index is 340. The van der Waals surface area contributed by atoms with Crippen LogP contribution >= 0.6 is 0 Å². The minimum absolute atomic E-state index is 0.353. The van der Waals surface area contributed by atoms with Crippen molar-refractivity contribution in [3.63, 3.8) is 0 Å². The van der Waals surface area contributed by atoms with E-state index in [0.717, 1.165) is 31.2 Å². The Labute approximate surface area is 97.7 Å². The summed E-state index contributed by atoms with van der Waals surface area (Å²) in [5.74, 6) is 0.353. The molecule has 0 saturated heterocycles. The molecule has 0 spiro atoms. The van der Waals surface area contributed by atoms with Crippen LogP contribution in [0.25, 0.3) is 0 Å². The molecule has 1 aliphatic rings. The number of hydrogen-bond donors (Lipinski definition) is 1. The van der Waals surface area contributed by atoms with Gasteiger partial charge in [-0.05, 0) is 42.2 Å². The number of aliphatic hydroxyl groups is 1. The highest BCUT2D eigenvalue weighted by Crippen LogP contribution is 2.45. The second-order valence-corrected chi connectivity index (χ2v) is 6.18. The Morgan fingerprint density at radius 2 is 2.19 bits per heavy atom. The van der Waals surface area contributed by atoms with Gasteiger partial charge in [-0.25, -0.2) is 0 Å². The van der Waals surface area contributed by atoms with Gasteiger partial charge < -0.3 is 9.52 Å². The van der Waals surface area contributed by atoms with Crippen LogP contribution in [-0.2, 0) is 6.42 Å². The van der Waals surface area contributed by atoms with Crippen molar-refractivity contribution in [1.82, 2.24) is 0 Å². The van der Waals surface area contributed by atoms with Crippen molar-refractivity contribution in [2.45, 2.75) is 52.1 Å². The van der Waals surface area contributed by atoms with Gasteiger partial charge in [0.05, 0.1) is 18.1 Å². The van der Waals surface area contributed by atoms with Crippen LogP contribution in [0.1, 0.15) is 45.6 Å². The largest absolute Gasteiger partial charge is 0.472 e. The first-order valence-electron chi connectivity index (χ1n) is 6.15. The van der Waals surface area contributed by atoms with Gasteiger partial charge >= 0.3 is 0 Å². The molecule has 0 aromatic carbocycles. The van der Waals surface area contributed by atoms with Crippen LogP contribution in [0.15, 0.2) is 23.0 Å². The van der Waals surface area contributed by atoms with E-state index in [1.54, 1.807) is 12.5 Å². The van der Waals surface area contributed by atoms with Gasteiger partial charge in [0, 0.05) is 6.42 Å². The molecule has 1 saturated carbocycles. The topological polar surface area (TPSA) is 33.4 Å². The van der Waals surface area contributed by atoms with Gasteiger partial charge in [-0.3, -0.25) is 0 Å². The van der Waals surface area contributed by atoms with Crippen LogP contribution in [0, 0.1) is 11.3 Å². The SMILES string of the molecule is CC1CC(C)(C)CCC1(O)Cc1ccoc1. The predicted octanol–water partition coefficient (Wildman–Crippen LogP) is 3.40. The van der Waals surface area contributed by atoms with Gasteiger partial charge in [-0.2, -0.15) is 0 Å². The van der Waals surface area contributed by atoms with Gasteiger partial charge in [0.2, 0.25) is 0 Å². The summed E-state index contributed by atoms with van der Waals surface area (Å²) in [5.41, 5.74) is 0.940. The molecule has 2 rings (SSSR count). The zero-order chi connectivity index (χ0) is 11.8. The van der Waals surface area contributed by atoms with Crippen molar-refractivity contribution >= 4 is 0 Å². The maximum Gasteiger partial charge on any atom is 0.0935 e. The lowest BCUT2D eigenvalue weighted by Crippen LogP contribution is -2.45. The molecule has 1 fully saturated rings. The van der Waals surface area contributed by atoms with Crippen molar-refractivity contribution in [3.8, 4) is 0 Å². The molecule has 0 radical (unpaired) electrons. The van der Waals surface area contributed by atoms with E-state index in [2.05, 4.69) is 20.8 Å². The monoisotopic (exact) mass is 222 g/mol. The third kappa shape index (κ3) is 2.32. The van der Waals surface area contributed by atoms with Gasteiger partial charge in [-0.15, -0.1) is 0 Å². The quantitative estimate of drug-likeness (QED) is 0.832. The van der Waals surface area contributed by atoms with E-state index < -0.39 is 5.60 Å². The molecular formula is C14H22O2. The molecule has 0 amide bonds. The summed E-state index contributed by atoms with van der Waals surface area (Å²) in [7, 11) is 0. The lowest BCUT2D eigenvalue weighted by Gasteiger charge is -2.45. The first-order valence-corrected chi connectivity index (χ1v) is 6.15. The Kier molecular flexibility index (Phi) is 2.87. The fourth-order valence-electron chi connectivity index (χ4n) is 2.93. The van der Waals surface area contributed by atoms with E-state index in [-0.39, 0.29) is 0 Å². The molecule has 0 bridgehead atoms. The molecule has 1 heterocycles. The van der Waals surface area contributed by atoms with Crippen molar-refractivity contribution < 1.29 is 9.52 Å². The second kappa shape index (κ2) is 3.92. The molecule has 16 heavy (non-hydrogen) atoms. The highest BCUT2D eigenvalue weighted by Gasteiger charge is 2.42. The van der Waals surface area contributed by atoms with Gasteiger partial charge in [0.15, 0.2) is 0 Å². The molecule has 90 valence electrons. The normalized spacial score (nSPS) is 33.9. The molecule has 0 aliphatic heterocycles. The summed E-state index contributed by atoms with van der Waals surface area (Å²) in [6.45, 7) is 6.75. The zero-order valence-electron chi connectivity index (χ0n) is 10.5. The zero-order valence-corrected chi connectivity index (χ0v) is 10.5. The second-order valence-electron chi connectivity index (χ2n) is 6.18. The van der Waals surface area contributed by atoms with Crippen LogP contribution in [0.3, 0.4) is 0 Å². The van der Waals surface area contributed by atoms with E-state index >= 15 is 0 Å². The highest BCUT2D eigenvalue weighted by atomic mass is 16.3. The Balaban J connectivity index is 2.08. The molecule has 1 aromatic rings. The molecule has 2 unspecified atom stereocenters. The van der Waals surface area contributed by atoms with Crippen molar-refractivity contribution in [3.05, 3.63) is 24.2 Å². The maximum absolute atomic E-state index is 10.7. The van der Waals surface area contributed by atoms with E-state index in [0.29, 0.717) is 11.3 Å². The molecule has 1 aliphatic carbocycles.